The minimum Gasteiger partial charge on any atom is -0.393 e. The van der Waals surface area contributed by atoms with Crippen LogP contribution in [0.4, 0.5) is 8.78 Å². The quantitative estimate of drug-likeness (QED) is 0.100. The van der Waals surface area contributed by atoms with Crippen LogP contribution in [0.5, 0.6) is 0 Å². The summed E-state index contributed by atoms with van der Waals surface area (Å²) in [5.74, 6) is -2.79. The Balaban J connectivity index is 1.34. The van der Waals surface area contributed by atoms with E-state index in [-0.39, 0.29) is 31.2 Å². The Labute approximate surface area is 318 Å². The molecule has 3 N–H and O–H groups in total. The highest BCUT2D eigenvalue weighted by Gasteiger charge is 2.57. The maximum Gasteiger partial charge on any atom is 0.193 e. The molecule has 2 bridgehead atoms. The van der Waals surface area contributed by atoms with Crippen LogP contribution in [0.2, 0.25) is 0 Å². The number of fused-ring (bicyclic) bond motifs is 8. The standard InChI is InChI=1S/C46H53F2NO5/c1-32-10-9-22-45(2)41(39-19-16-35(24-37(50)18-15-32)25-40(39)44(52)36-17-20-42(47)43(48)26-36)21-23-46(45,53)31-49(27-33-11-5-3-6-12-33)28-38(51)30-54-29-34-13-7-4-8-14-34/h3-8,10-14,16-17,19-20,25-26,37-38,41,50-51,53H,9,15,18,21-24,27-31H2,1-2H3. The van der Waals surface area contributed by atoms with Gasteiger partial charge in [0.2, 0.25) is 0 Å². The third-order valence-electron chi connectivity index (χ3n) is 11.7. The van der Waals surface area contributed by atoms with Crippen LogP contribution in [0.1, 0.15) is 96.5 Å². The fourth-order valence-corrected chi connectivity index (χ4v) is 8.62. The molecule has 0 aliphatic heterocycles. The highest BCUT2D eigenvalue weighted by Crippen LogP contribution is 2.59. The summed E-state index contributed by atoms with van der Waals surface area (Å²) >= 11 is 0. The zero-order chi connectivity index (χ0) is 38.3. The molecule has 8 heteroatoms. The van der Waals surface area contributed by atoms with Gasteiger partial charge in [0, 0.05) is 36.2 Å². The molecule has 1 fully saturated rings. The number of hydrogen-bond acceptors (Lipinski definition) is 6. The van der Waals surface area contributed by atoms with Gasteiger partial charge in [0.15, 0.2) is 17.4 Å². The molecule has 3 aliphatic carbocycles. The van der Waals surface area contributed by atoms with Crippen LogP contribution in [-0.4, -0.2) is 63.5 Å². The zero-order valence-electron chi connectivity index (χ0n) is 31.4. The van der Waals surface area contributed by atoms with Crippen molar-refractivity contribution in [1.82, 2.24) is 4.90 Å². The van der Waals surface area contributed by atoms with E-state index >= 15 is 0 Å². The van der Waals surface area contributed by atoms with Crippen molar-refractivity contribution in [2.75, 3.05) is 19.7 Å². The summed E-state index contributed by atoms with van der Waals surface area (Å²) in [5, 5.41) is 35.2. The Morgan fingerprint density at radius 3 is 2.37 bits per heavy atom. The lowest BCUT2D eigenvalue weighted by atomic mass is 9.64. The smallest absolute Gasteiger partial charge is 0.193 e. The molecule has 286 valence electrons. The fourth-order valence-electron chi connectivity index (χ4n) is 8.62. The summed E-state index contributed by atoms with van der Waals surface area (Å²) in [6.45, 7) is 5.79. The molecule has 4 aromatic rings. The summed E-state index contributed by atoms with van der Waals surface area (Å²) in [7, 11) is 0. The second-order valence-corrected chi connectivity index (χ2v) is 15.7. The lowest BCUT2D eigenvalue weighted by Crippen LogP contribution is -2.53. The minimum atomic E-state index is -1.22. The molecular weight excluding hydrogens is 685 g/mol. The molecule has 6 nitrogen and oxygen atoms in total. The second kappa shape index (κ2) is 17.6. The Hall–Kier alpha value is -4.05. The number of halogens is 2. The van der Waals surface area contributed by atoms with Crippen molar-refractivity contribution in [1.29, 1.82) is 0 Å². The molecule has 1 saturated carbocycles. The minimum absolute atomic E-state index is 0.0417. The lowest BCUT2D eigenvalue weighted by Gasteiger charge is -2.46. The highest BCUT2D eigenvalue weighted by molar-refractivity contribution is 6.10. The van der Waals surface area contributed by atoms with Crippen LogP contribution in [-0.2, 0) is 24.3 Å². The highest BCUT2D eigenvalue weighted by atomic mass is 19.2. The molecule has 0 amide bonds. The molecule has 5 atom stereocenters. The summed E-state index contributed by atoms with van der Waals surface area (Å²) in [4.78, 5) is 16.4. The topological polar surface area (TPSA) is 90.2 Å². The molecule has 3 aliphatic rings. The monoisotopic (exact) mass is 737 g/mol. The summed E-state index contributed by atoms with van der Waals surface area (Å²) < 4.78 is 34.3. The lowest BCUT2D eigenvalue weighted by molar-refractivity contribution is -0.0923. The van der Waals surface area contributed by atoms with Crippen molar-refractivity contribution in [2.24, 2.45) is 5.41 Å². The van der Waals surface area contributed by atoms with E-state index in [9.17, 15) is 28.9 Å². The van der Waals surface area contributed by atoms with Crippen molar-refractivity contribution in [3.05, 3.63) is 154 Å². The maximum absolute atomic E-state index is 14.4. The van der Waals surface area contributed by atoms with Crippen LogP contribution >= 0.6 is 0 Å². The molecule has 0 radical (unpaired) electrons. The summed E-state index contributed by atoms with van der Waals surface area (Å²) in [6.07, 6.45) is 4.79. The average Bonchev–Trinajstić information content (AvgIpc) is 3.40. The molecule has 0 aromatic heterocycles. The maximum atomic E-state index is 14.4. The van der Waals surface area contributed by atoms with E-state index in [0.29, 0.717) is 57.2 Å². The normalized spacial score (nSPS) is 23.8. The Morgan fingerprint density at radius 2 is 1.65 bits per heavy atom. The number of ketones is 1. The van der Waals surface area contributed by atoms with E-state index in [2.05, 4.69) is 24.8 Å². The number of carbonyl (C=O) groups excluding carboxylic acids is 1. The van der Waals surface area contributed by atoms with E-state index in [1.165, 1.54) is 11.6 Å². The first kappa shape index (κ1) is 39.6. The first-order chi connectivity index (χ1) is 25.9. The van der Waals surface area contributed by atoms with Gasteiger partial charge in [0.25, 0.3) is 0 Å². The fraction of sp³-hybridized carbons (Fsp3) is 0.413. The van der Waals surface area contributed by atoms with Gasteiger partial charge in [-0.25, -0.2) is 8.78 Å². The van der Waals surface area contributed by atoms with Gasteiger partial charge in [-0.15, -0.1) is 0 Å². The molecule has 0 saturated heterocycles. The largest absolute Gasteiger partial charge is 0.393 e. The van der Waals surface area contributed by atoms with Gasteiger partial charge >= 0.3 is 0 Å². The SMILES string of the molecule is CC1=CCCC2(C)C(CCC2(O)CN(Cc2ccccc2)CC(O)COCc2ccccc2)c2ccc(cc2C(=O)c2ccc(F)c(F)c2)CC(O)CC1. The molecular formula is C46H53F2NO5. The van der Waals surface area contributed by atoms with E-state index in [1.807, 2.05) is 72.8 Å². The van der Waals surface area contributed by atoms with Gasteiger partial charge in [-0.2, -0.15) is 0 Å². The van der Waals surface area contributed by atoms with E-state index in [4.69, 9.17) is 4.74 Å². The van der Waals surface area contributed by atoms with Crippen LogP contribution in [0.3, 0.4) is 0 Å². The van der Waals surface area contributed by atoms with Crippen LogP contribution < -0.4 is 0 Å². The van der Waals surface area contributed by atoms with Crippen LogP contribution in [0, 0.1) is 17.0 Å². The number of benzene rings is 4. The number of aliphatic hydroxyl groups excluding tert-OH is 2. The summed E-state index contributed by atoms with van der Waals surface area (Å²) in [5.41, 5.74) is 3.28. The number of hydrogen-bond donors (Lipinski definition) is 3. The number of nitrogens with zero attached hydrogens (tertiary/aromatic N) is 1. The second-order valence-electron chi connectivity index (χ2n) is 15.7. The van der Waals surface area contributed by atoms with Gasteiger partial charge in [-0.05, 0) is 104 Å². The number of rotatable bonds is 12. The van der Waals surface area contributed by atoms with Crippen LogP contribution in [0.15, 0.2) is 109 Å². The third kappa shape index (κ3) is 9.42. The predicted octanol–water partition coefficient (Wildman–Crippen LogP) is 8.31. The van der Waals surface area contributed by atoms with Crippen molar-refractivity contribution in [3.63, 3.8) is 0 Å². The van der Waals surface area contributed by atoms with E-state index in [1.54, 1.807) is 6.07 Å². The van der Waals surface area contributed by atoms with Gasteiger partial charge in [0.1, 0.15) is 0 Å². The van der Waals surface area contributed by atoms with E-state index < -0.39 is 40.6 Å². The molecule has 54 heavy (non-hydrogen) atoms. The van der Waals surface area contributed by atoms with Crippen LogP contribution in [0.25, 0.3) is 0 Å². The number of allylic oxidation sites excluding steroid dienone is 2. The molecule has 5 unspecified atom stereocenters. The van der Waals surface area contributed by atoms with Crippen molar-refractivity contribution >= 4 is 5.78 Å². The molecule has 0 heterocycles. The van der Waals surface area contributed by atoms with Gasteiger partial charge in [-0.3, -0.25) is 9.69 Å². The van der Waals surface area contributed by atoms with E-state index in [0.717, 1.165) is 40.8 Å². The Morgan fingerprint density at radius 1 is 0.926 bits per heavy atom. The Kier molecular flexibility index (Phi) is 12.9. The molecule has 4 aromatic carbocycles. The zero-order valence-corrected chi connectivity index (χ0v) is 31.4. The van der Waals surface area contributed by atoms with Crippen molar-refractivity contribution in [2.45, 2.75) is 95.7 Å². The Bertz CT molecular complexity index is 1900. The number of aliphatic hydroxyl groups is 3. The third-order valence-corrected chi connectivity index (χ3v) is 11.7. The number of ether oxygens (including phenoxy) is 1. The van der Waals surface area contributed by atoms with Gasteiger partial charge in [0.05, 0.1) is 31.0 Å². The predicted molar refractivity (Wildman–Crippen MR) is 207 cm³/mol. The van der Waals surface area contributed by atoms with Gasteiger partial charge < -0.3 is 20.1 Å². The van der Waals surface area contributed by atoms with Crippen molar-refractivity contribution < 1.29 is 33.6 Å². The molecule has 0 spiro atoms. The van der Waals surface area contributed by atoms with Crippen molar-refractivity contribution in [3.8, 4) is 0 Å². The van der Waals surface area contributed by atoms with Gasteiger partial charge in [-0.1, -0.05) is 91.4 Å². The first-order valence-corrected chi connectivity index (χ1v) is 19.2. The average molecular weight is 738 g/mol. The number of carbonyl (C=O) groups is 1. The summed E-state index contributed by atoms with van der Waals surface area (Å²) in [6, 6.07) is 28.7. The molecule has 7 rings (SSSR count). The first-order valence-electron chi connectivity index (χ1n) is 19.2.